The van der Waals surface area contributed by atoms with E-state index in [-0.39, 0.29) is 21.7 Å². The van der Waals surface area contributed by atoms with Gasteiger partial charge >= 0.3 is 0 Å². The zero-order valence-electron chi connectivity index (χ0n) is 77.1. The molecule has 6 heterocycles. The van der Waals surface area contributed by atoms with Gasteiger partial charge < -0.3 is 0 Å². The molecule has 0 aliphatic heterocycles. The average molecular weight is 1690 g/mol. The van der Waals surface area contributed by atoms with E-state index in [1.807, 2.05) is 37.2 Å². The monoisotopic (exact) mass is 1690 g/mol. The Morgan fingerprint density at radius 2 is 0.458 bits per heavy atom. The number of benzene rings is 12. The van der Waals surface area contributed by atoms with Crippen molar-refractivity contribution in [1.29, 1.82) is 0 Å². The summed E-state index contributed by atoms with van der Waals surface area (Å²) < 4.78 is 0. The molecule has 6 nitrogen and oxygen atoms in total. The van der Waals surface area contributed by atoms with E-state index in [0.29, 0.717) is 0 Å². The quantitative estimate of drug-likeness (QED) is 0.0708. The number of hydrogen-bond donors (Lipinski definition) is 0. The summed E-state index contributed by atoms with van der Waals surface area (Å²) in [7, 11) is 0. The lowest BCUT2D eigenvalue weighted by Crippen LogP contribution is -2.11. The first-order valence-corrected chi connectivity index (χ1v) is 45.4. The summed E-state index contributed by atoms with van der Waals surface area (Å²) in [6.07, 6.45) is 18.1. The van der Waals surface area contributed by atoms with Crippen molar-refractivity contribution in [3.63, 3.8) is 0 Å². The Hall–Kier alpha value is -15.2. The molecule has 0 aliphatic rings. The highest BCUT2D eigenvalue weighted by molar-refractivity contribution is 5.98. The van der Waals surface area contributed by atoms with Gasteiger partial charge in [-0.3, -0.25) is 29.9 Å². The van der Waals surface area contributed by atoms with Crippen LogP contribution < -0.4 is 0 Å². The van der Waals surface area contributed by atoms with Gasteiger partial charge in [-0.05, 0) is 288 Å². The third-order valence-electron chi connectivity index (χ3n) is 25.3. The highest BCUT2D eigenvalue weighted by Crippen LogP contribution is 2.47. The fourth-order valence-electron chi connectivity index (χ4n) is 17.7. The number of pyridine rings is 6. The predicted octanol–water partition coefficient (Wildman–Crippen LogP) is 33.6. The molecule has 0 saturated carbocycles. The van der Waals surface area contributed by atoms with Gasteiger partial charge in [0.2, 0.25) is 0 Å². The second-order valence-corrected chi connectivity index (χ2v) is 38.4. The molecule has 0 fully saturated rings. The third kappa shape index (κ3) is 18.9. The van der Waals surface area contributed by atoms with Crippen molar-refractivity contribution < 1.29 is 0 Å². The predicted molar refractivity (Wildman–Crippen MR) is 553 cm³/mol. The van der Waals surface area contributed by atoms with Crippen LogP contribution >= 0.6 is 0 Å². The molecule has 6 heteroatoms. The van der Waals surface area contributed by atoms with Crippen molar-refractivity contribution in [2.24, 2.45) is 0 Å². The smallest absolute Gasteiger partial charge is 0.0717 e. The third-order valence-corrected chi connectivity index (χ3v) is 25.3. The molecule has 0 bridgehead atoms. The molecule has 0 atom stereocenters. The second kappa shape index (κ2) is 36.5. The largest absolute Gasteiger partial charge is 0.256 e. The Morgan fingerprint density at radius 3 is 0.763 bits per heavy atom. The van der Waals surface area contributed by atoms with E-state index < -0.39 is 0 Å². The van der Waals surface area contributed by atoms with Gasteiger partial charge in [-0.25, -0.2) is 0 Å². The Labute approximate surface area is 773 Å². The zero-order valence-corrected chi connectivity index (χ0v) is 77.1. The van der Waals surface area contributed by atoms with Crippen molar-refractivity contribution in [3.05, 3.63) is 447 Å². The van der Waals surface area contributed by atoms with Crippen LogP contribution in [0, 0.1) is 0 Å². The van der Waals surface area contributed by atoms with Crippen molar-refractivity contribution in [1.82, 2.24) is 29.9 Å². The van der Waals surface area contributed by atoms with Crippen LogP contribution in [0.2, 0.25) is 0 Å². The van der Waals surface area contributed by atoms with E-state index in [1.54, 1.807) is 0 Å². The molecule has 131 heavy (non-hydrogen) atoms. The Bertz CT molecular complexity index is 7160. The van der Waals surface area contributed by atoms with Crippen molar-refractivity contribution >= 4 is 11.1 Å². The first-order chi connectivity index (χ1) is 63.3. The first-order valence-electron chi connectivity index (χ1n) is 45.4. The molecule has 0 radical (unpaired) electrons. The maximum absolute atomic E-state index is 5.21. The summed E-state index contributed by atoms with van der Waals surface area (Å²) in [6, 6.07) is 128. The number of nitrogens with zero attached hydrogens (tertiary/aromatic N) is 6. The summed E-state index contributed by atoms with van der Waals surface area (Å²) in [5, 5.41) is 0. The van der Waals surface area contributed by atoms with Gasteiger partial charge in [0.15, 0.2) is 0 Å². The summed E-state index contributed by atoms with van der Waals surface area (Å²) in [6.45, 7) is 33.5. The normalized spacial score (nSPS) is 12.1. The van der Waals surface area contributed by atoms with E-state index in [4.69, 9.17) is 29.9 Å². The van der Waals surface area contributed by atoms with Crippen LogP contribution in [-0.2, 0) is 21.7 Å². The van der Waals surface area contributed by atoms with E-state index in [0.717, 1.165) is 201 Å². The van der Waals surface area contributed by atoms with E-state index in [1.165, 1.54) is 22.3 Å². The fraction of sp³-hybridized carbons (Fsp3) is 0.136. The maximum atomic E-state index is 5.21. The van der Waals surface area contributed by atoms with Crippen LogP contribution in [0.15, 0.2) is 414 Å². The number of allylic oxidation sites excluding steroid dienone is 5. The Morgan fingerprint density at radius 1 is 0.214 bits per heavy atom. The van der Waals surface area contributed by atoms with Crippen LogP contribution in [0.25, 0.3) is 190 Å². The molecule has 6 aromatic heterocycles. The molecule has 12 aromatic carbocycles. The van der Waals surface area contributed by atoms with E-state index in [9.17, 15) is 0 Å². The molecular weight excluding hydrogens is 1590 g/mol. The van der Waals surface area contributed by atoms with E-state index >= 15 is 0 Å². The van der Waals surface area contributed by atoms with Crippen LogP contribution in [0.3, 0.4) is 0 Å². The summed E-state index contributed by atoms with van der Waals surface area (Å²) in [5.41, 5.74) is 43.1. The number of aromatic nitrogens is 6. The lowest BCUT2D eigenvalue weighted by atomic mass is 9.85. The van der Waals surface area contributed by atoms with Crippen molar-refractivity contribution in [3.8, 4) is 179 Å². The lowest BCUT2D eigenvalue weighted by Gasteiger charge is -2.19. The van der Waals surface area contributed by atoms with Crippen molar-refractivity contribution in [2.75, 3.05) is 0 Å². The van der Waals surface area contributed by atoms with Crippen LogP contribution in [0.5, 0.6) is 0 Å². The SMILES string of the molecule is C=C(/C=C\C(=C/C)c1ccccc1-c1cc(-c2ccccc2-c2ccc(-c3cc(C(C)(C)C)ccn3)cc2)cc(-c2ccccc2-c2ccc(-c3ccc(-c4ccc(-c5ccccc5-c5cc(-c6ccccc6-c6ccc(-c7cc(C(C)(C)C)ccn7)cc6)cc(-c6ccccc6-c6ccc(-c7cc(C(C)(C)C)ccn7)cc6)c5)cc4)nc3)nc2)c1)c1cc(C(C)(C)C)ccn1. The number of rotatable bonds is 20. The molecule has 638 valence electrons. The molecular formula is C125H108N6. The number of hydrogen-bond acceptors (Lipinski definition) is 6. The average Bonchev–Trinajstić information content (AvgIpc) is 0.767. The van der Waals surface area contributed by atoms with Gasteiger partial charge in [0.05, 0.1) is 34.2 Å². The molecule has 18 rings (SSSR count). The van der Waals surface area contributed by atoms with Crippen LogP contribution in [0.4, 0.5) is 0 Å². The summed E-state index contributed by atoms with van der Waals surface area (Å²) >= 11 is 0. The molecule has 0 saturated heterocycles. The maximum Gasteiger partial charge on any atom is 0.0717 e. The van der Waals surface area contributed by atoms with Crippen LogP contribution in [-0.4, -0.2) is 29.9 Å². The minimum Gasteiger partial charge on any atom is -0.256 e. The summed E-state index contributed by atoms with van der Waals surface area (Å²) in [4.78, 5) is 29.6. The van der Waals surface area contributed by atoms with E-state index in [2.05, 4.69) is 467 Å². The molecule has 0 aliphatic carbocycles. The topological polar surface area (TPSA) is 77.3 Å². The highest BCUT2D eigenvalue weighted by Gasteiger charge is 2.25. The molecule has 0 unspecified atom stereocenters. The fourth-order valence-corrected chi connectivity index (χ4v) is 17.7. The molecule has 0 amide bonds. The molecule has 0 spiro atoms. The lowest BCUT2D eigenvalue weighted by molar-refractivity contribution is 0.589. The highest BCUT2D eigenvalue weighted by atomic mass is 14.7. The van der Waals surface area contributed by atoms with Gasteiger partial charge in [-0.15, -0.1) is 0 Å². The van der Waals surface area contributed by atoms with Gasteiger partial charge in [-0.1, -0.05) is 357 Å². The minimum absolute atomic E-state index is 0.00208. The first kappa shape index (κ1) is 86.5. The molecule has 0 N–H and O–H groups in total. The Balaban J connectivity index is 0.653. The Kier molecular flexibility index (Phi) is 24.1. The van der Waals surface area contributed by atoms with Gasteiger partial charge in [0.1, 0.15) is 0 Å². The second-order valence-electron chi connectivity index (χ2n) is 38.4. The van der Waals surface area contributed by atoms with Gasteiger partial charge in [0, 0.05) is 70.6 Å². The summed E-state index contributed by atoms with van der Waals surface area (Å²) in [5.74, 6) is 0. The van der Waals surface area contributed by atoms with Crippen molar-refractivity contribution in [2.45, 2.75) is 112 Å². The van der Waals surface area contributed by atoms with Gasteiger partial charge in [0.25, 0.3) is 0 Å². The van der Waals surface area contributed by atoms with Gasteiger partial charge in [-0.2, -0.15) is 0 Å². The standard InChI is InChI=1S/C125H108N6/c1-15-83(41-40-82(2)118-76-100(62-66-126-118)122(3,4)5)104-28-16-22-34-110(104)94-70-95(111-35-24-18-30-106(111)85-44-52-89(53-45-85)119-77-101(63-67-127-119)123(6,7)8)75-99(71-94)115-39-27-21-33-109(115)92-58-60-117(130-80-92)93-59-61-116(131-81-93)88-50-42-84(43-51-88)105-29-17-23-36-112(105)96-72-97(113-37-25-19-31-107(113)86-46-54-90(55-47-86)120-78-102(64-68-128-120)124(9,10)11)74-98(73-96)114-38-26-20-32-108(114)87-48-56-91(57-49-87)121-79-103(65-69-129-121)125(12,13)14/h15-81H,2H2,1,3-14H3/b41-40-,83-15+. The molecule has 18 aromatic rings. The zero-order chi connectivity index (χ0) is 90.7. The minimum atomic E-state index is -0.0269. The van der Waals surface area contributed by atoms with Crippen LogP contribution in [0.1, 0.15) is 124 Å².